The van der Waals surface area contributed by atoms with E-state index in [4.69, 9.17) is 11.6 Å². The Morgan fingerprint density at radius 1 is 1.26 bits per heavy atom. The molecule has 0 radical (unpaired) electrons. The molecule has 1 aliphatic rings. The monoisotopic (exact) mass is 437 g/mol. The van der Waals surface area contributed by atoms with Gasteiger partial charge in [-0.25, -0.2) is 14.1 Å². The van der Waals surface area contributed by atoms with Gasteiger partial charge in [0.25, 0.3) is 5.91 Å². The maximum absolute atomic E-state index is 13.1. The van der Waals surface area contributed by atoms with Gasteiger partial charge in [-0.3, -0.25) is 4.79 Å². The van der Waals surface area contributed by atoms with Crippen molar-refractivity contribution < 1.29 is 9.18 Å². The second-order valence-corrected chi connectivity index (χ2v) is 8.33. The molecular weight excluding hydrogens is 417 g/mol. The molecule has 0 unspecified atom stereocenters. The van der Waals surface area contributed by atoms with E-state index in [1.54, 1.807) is 23.7 Å². The van der Waals surface area contributed by atoms with Crippen LogP contribution in [0.25, 0.3) is 11.0 Å². The number of hydrogen-bond acceptors (Lipinski definition) is 3. The molecule has 2 heterocycles. The summed E-state index contributed by atoms with van der Waals surface area (Å²) in [5, 5.41) is 7.55. The highest BCUT2D eigenvalue weighted by Crippen LogP contribution is 2.35. The number of amides is 1. The number of imidazole rings is 1. The van der Waals surface area contributed by atoms with Crippen LogP contribution in [0.15, 0.2) is 42.5 Å². The number of carbonyl (C=O) groups excluding carboxylic acids is 1. The van der Waals surface area contributed by atoms with Crippen molar-refractivity contribution in [1.29, 1.82) is 0 Å². The van der Waals surface area contributed by atoms with Gasteiger partial charge in [-0.05, 0) is 55.7 Å². The van der Waals surface area contributed by atoms with Crippen molar-refractivity contribution in [3.8, 4) is 0 Å². The highest BCUT2D eigenvalue weighted by Gasteiger charge is 2.23. The number of halogens is 2. The highest BCUT2D eigenvalue weighted by molar-refractivity contribution is 6.33. The Kier molecular flexibility index (Phi) is 4.98. The zero-order valence-corrected chi connectivity index (χ0v) is 17.7. The van der Waals surface area contributed by atoms with Gasteiger partial charge in [0.1, 0.15) is 16.8 Å². The Bertz CT molecular complexity index is 1270. The molecule has 0 spiro atoms. The molecule has 1 saturated carbocycles. The van der Waals surface area contributed by atoms with Crippen LogP contribution in [-0.4, -0.2) is 25.7 Å². The number of nitrogens with one attached hydrogen (secondary N) is 2. The van der Waals surface area contributed by atoms with Gasteiger partial charge < -0.3 is 10.3 Å². The van der Waals surface area contributed by atoms with Gasteiger partial charge in [-0.2, -0.15) is 5.10 Å². The van der Waals surface area contributed by atoms with Gasteiger partial charge in [0, 0.05) is 11.6 Å². The van der Waals surface area contributed by atoms with Crippen LogP contribution in [-0.2, 0) is 6.54 Å². The van der Waals surface area contributed by atoms with E-state index in [1.165, 1.54) is 31.4 Å². The van der Waals surface area contributed by atoms with Gasteiger partial charge in [-0.15, -0.1) is 0 Å². The summed E-state index contributed by atoms with van der Waals surface area (Å²) in [6.45, 7) is 2.09. The van der Waals surface area contributed by atoms with Crippen molar-refractivity contribution in [2.45, 2.75) is 38.6 Å². The third kappa shape index (κ3) is 3.81. The van der Waals surface area contributed by atoms with Gasteiger partial charge in [0.2, 0.25) is 0 Å². The lowest BCUT2D eigenvalue weighted by atomic mass is 9.85. The van der Waals surface area contributed by atoms with Crippen molar-refractivity contribution in [3.63, 3.8) is 0 Å². The maximum atomic E-state index is 13.1. The topological polar surface area (TPSA) is 75.6 Å². The summed E-state index contributed by atoms with van der Waals surface area (Å²) < 4.78 is 14.7. The molecule has 8 heteroatoms. The van der Waals surface area contributed by atoms with Crippen molar-refractivity contribution in [2.75, 3.05) is 5.32 Å². The van der Waals surface area contributed by atoms with Crippen molar-refractivity contribution in [1.82, 2.24) is 19.7 Å². The zero-order valence-electron chi connectivity index (χ0n) is 17.0. The van der Waals surface area contributed by atoms with E-state index in [1.807, 2.05) is 18.2 Å². The van der Waals surface area contributed by atoms with Gasteiger partial charge >= 0.3 is 0 Å². The van der Waals surface area contributed by atoms with E-state index in [9.17, 15) is 9.18 Å². The Morgan fingerprint density at radius 3 is 2.74 bits per heavy atom. The number of fused-ring (bicyclic) bond motifs is 1. The van der Waals surface area contributed by atoms with Crippen LogP contribution < -0.4 is 5.32 Å². The molecule has 2 aromatic heterocycles. The van der Waals surface area contributed by atoms with Gasteiger partial charge in [-0.1, -0.05) is 30.2 Å². The largest absolute Gasteiger partial charge is 0.342 e. The predicted molar refractivity (Wildman–Crippen MR) is 118 cm³/mol. The van der Waals surface area contributed by atoms with Crippen molar-refractivity contribution in [3.05, 3.63) is 76.1 Å². The van der Waals surface area contributed by atoms with E-state index < -0.39 is 0 Å². The molecule has 5 rings (SSSR count). The molecule has 4 aromatic rings. The van der Waals surface area contributed by atoms with Crippen LogP contribution in [0.2, 0.25) is 5.15 Å². The fourth-order valence-corrected chi connectivity index (χ4v) is 4.17. The maximum Gasteiger partial charge on any atom is 0.260 e. The van der Waals surface area contributed by atoms with Gasteiger partial charge in [0.05, 0.1) is 28.8 Å². The standard InChI is InChI=1S/C23H21ClFN5O/c1-13-20(21(24)30(29-13)12-14-5-7-16(25)8-6-14)23(31)26-17-9-10-18-19(11-17)28-22(27-18)15-3-2-4-15/h5-11,15H,2-4,12H2,1H3,(H,26,31)(H,27,28). The van der Waals surface area contributed by atoms with Crippen LogP contribution in [0.3, 0.4) is 0 Å². The zero-order chi connectivity index (χ0) is 21.5. The summed E-state index contributed by atoms with van der Waals surface area (Å²) in [7, 11) is 0. The first-order valence-corrected chi connectivity index (χ1v) is 10.6. The number of anilines is 1. The minimum atomic E-state index is -0.328. The number of carbonyl (C=O) groups is 1. The molecule has 1 aliphatic carbocycles. The van der Waals surface area contributed by atoms with Crippen LogP contribution in [0.1, 0.15) is 52.6 Å². The second kappa shape index (κ2) is 7.81. The minimum absolute atomic E-state index is 0.245. The lowest BCUT2D eigenvalue weighted by molar-refractivity contribution is 0.102. The molecule has 0 aliphatic heterocycles. The molecule has 0 atom stereocenters. The molecule has 31 heavy (non-hydrogen) atoms. The molecule has 0 saturated heterocycles. The number of aromatic nitrogens is 4. The number of rotatable bonds is 5. The third-order valence-electron chi connectivity index (χ3n) is 5.79. The first-order valence-electron chi connectivity index (χ1n) is 10.3. The average Bonchev–Trinajstić information content (AvgIpc) is 3.22. The van der Waals surface area contributed by atoms with Crippen LogP contribution in [0, 0.1) is 12.7 Å². The smallest absolute Gasteiger partial charge is 0.260 e. The summed E-state index contributed by atoms with van der Waals surface area (Å²) in [4.78, 5) is 21.0. The van der Waals surface area contributed by atoms with E-state index in [0.29, 0.717) is 29.4 Å². The van der Waals surface area contributed by atoms with E-state index in [-0.39, 0.29) is 16.9 Å². The van der Waals surface area contributed by atoms with Crippen LogP contribution in [0.4, 0.5) is 10.1 Å². The fourth-order valence-electron chi connectivity index (χ4n) is 3.85. The van der Waals surface area contributed by atoms with Crippen molar-refractivity contribution >= 4 is 34.2 Å². The summed E-state index contributed by atoms with van der Waals surface area (Å²) in [5.74, 6) is 0.899. The number of H-pyrrole nitrogens is 1. The van der Waals surface area contributed by atoms with Crippen LogP contribution >= 0.6 is 11.6 Å². The number of hydrogen-bond donors (Lipinski definition) is 2. The van der Waals surface area contributed by atoms with Gasteiger partial charge in [0.15, 0.2) is 0 Å². The summed E-state index contributed by atoms with van der Waals surface area (Å²) in [5.41, 5.74) is 4.13. The molecule has 0 bridgehead atoms. The average molecular weight is 438 g/mol. The number of nitrogens with zero attached hydrogens (tertiary/aromatic N) is 3. The molecule has 6 nitrogen and oxygen atoms in total. The molecule has 2 N–H and O–H groups in total. The van der Waals surface area contributed by atoms with E-state index in [2.05, 4.69) is 20.4 Å². The summed E-state index contributed by atoms with van der Waals surface area (Å²) >= 11 is 6.48. The van der Waals surface area contributed by atoms with E-state index in [0.717, 1.165) is 22.4 Å². The quantitative estimate of drug-likeness (QED) is 0.437. The second-order valence-electron chi connectivity index (χ2n) is 7.97. The third-order valence-corrected chi connectivity index (χ3v) is 6.17. The first kappa shape index (κ1) is 19.8. The molecule has 2 aromatic carbocycles. The van der Waals surface area contributed by atoms with E-state index >= 15 is 0 Å². The Labute approximate surface area is 183 Å². The number of aryl methyl sites for hydroxylation is 1. The minimum Gasteiger partial charge on any atom is -0.342 e. The van der Waals surface area contributed by atoms with Crippen molar-refractivity contribution in [2.24, 2.45) is 0 Å². The Morgan fingerprint density at radius 2 is 2.03 bits per heavy atom. The lowest BCUT2D eigenvalue weighted by Crippen LogP contribution is -2.13. The molecule has 1 fully saturated rings. The molecular formula is C23H21ClFN5O. The normalized spacial score (nSPS) is 14.0. The molecule has 1 amide bonds. The predicted octanol–water partition coefficient (Wildman–Crippen LogP) is 5.43. The number of benzene rings is 2. The SMILES string of the molecule is Cc1nn(Cc2ccc(F)cc2)c(Cl)c1C(=O)Nc1ccc2nc(C3CCC3)[nH]c2c1. The molecule has 158 valence electrons. The Balaban J connectivity index is 1.36. The first-order chi connectivity index (χ1) is 15.0. The fraction of sp³-hybridized carbons (Fsp3) is 0.261. The Hall–Kier alpha value is -3.19. The summed E-state index contributed by atoms with van der Waals surface area (Å²) in [6.07, 6.45) is 3.59. The highest BCUT2D eigenvalue weighted by atomic mass is 35.5. The summed E-state index contributed by atoms with van der Waals surface area (Å²) in [6, 6.07) is 11.7. The lowest BCUT2D eigenvalue weighted by Gasteiger charge is -2.22. The number of aromatic amines is 1. The van der Waals surface area contributed by atoms with Crippen LogP contribution in [0.5, 0.6) is 0 Å².